The van der Waals surface area contributed by atoms with Gasteiger partial charge in [-0.25, -0.2) is 24.3 Å². The molecule has 0 N–H and O–H groups in total. The van der Waals surface area contributed by atoms with E-state index in [-0.39, 0.29) is 61.8 Å². The van der Waals surface area contributed by atoms with Gasteiger partial charge in [0.2, 0.25) is 0 Å². The second kappa shape index (κ2) is 14.8. The van der Waals surface area contributed by atoms with E-state index in [2.05, 4.69) is 137 Å². The molecule has 0 aromatic heterocycles. The summed E-state index contributed by atoms with van der Waals surface area (Å²) in [4.78, 5) is 0. The van der Waals surface area contributed by atoms with Gasteiger partial charge in [-0.05, 0) is 22.0 Å². The van der Waals surface area contributed by atoms with Crippen molar-refractivity contribution in [3.63, 3.8) is 0 Å². The van der Waals surface area contributed by atoms with E-state index < -0.39 is 0 Å². The molecule has 4 rings (SSSR count). The average molecular weight is 557 g/mol. The van der Waals surface area contributed by atoms with E-state index in [0.717, 1.165) is 12.8 Å². The molecular weight excluding hydrogens is 522 g/mol. The number of benzene rings is 2. The fourth-order valence-electron chi connectivity index (χ4n) is 4.25. The first kappa shape index (κ1) is 31.6. The van der Waals surface area contributed by atoms with E-state index in [1.165, 1.54) is 22.3 Å². The fraction of sp³-hybridized carbons (Fsp3) is 0.267. The zero-order valence-corrected chi connectivity index (χ0v) is 24.0. The molecule has 2 atom stereocenters. The summed E-state index contributed by atoms with van der Waals surface area (Å²) in [6, 6.07) is 38.8. The summed E-state index contributed by atoms with van der Waals surface area (Å²) in [5, 5.41) is 0. The van der Waals surface area contributed by atoms with Crippen LogP contribution in [0.2, 0.25) is 0 Å². The van der Waals surface area contributed by atoms with Gasteiger partial charge in [0.25, 0.3) is 0 Å². The molecule has 4 aromatic rings. The summed E-state index contributed by atoms with van der Waals surface area (Å²) >= 11 is 0. The number of rotatable bonds is 6. The molecule has 0 saturated heterocycles. The topological polar surface area (TPSA) is 0 Å². The van der Waals surface area contributed by atoms with Crippen LogP contribution in [-0.4, -0.2) is 0 Å². The van der Waals surface area contributed by atoms with Crippen LogP contribution >= 0.6 is 0 Å². The molecule has 0 aliphatic heterocycles. The monoisotopic (exact) mass is 554 g/mol. The number of halogens is 2. The van der Waals surface area contributed by atoms with Crippen molar-refractivity contribution in [1.29, 1.82) is 0 Å². The summed E-state index contributed by atoms with van der Waals surface area (Å²) < 4.78 is 0. The van der Waals surface area contributed by atoms with Gasteiger partial charge >= 0.3 is 26.2 Å². The maximum absolute atomic E-state index is 2.32. The smallest absolute Gasteiger partial charge is 1.00 e. The third-order valence-electron chi connectivity index (χ3n) is 6.84. The third kappa shape index (κ3) is 7.29. The molecule has 4 aromatic carbocycles. The molecule has 2 unspecified atom stereocenters. The fourth-order valence-corrected chi connectivity index (χ4v) is 4.25. The largest absolute Gasteiger partial charge is 4.00 e. The van der Waals surface area contributed by atoms with Crippen molar-refractivity contribution in [2.75, 3.05) is 0 Å². The zero-order valence-electron chi connectivity index (χ0n) is 20.1. The Labute approximate surface area is 232 Å². The first-order valence-electron chi connectivity index (χ1n) is 11.1. The standard InChI is InChI=1S/2C15H17.2ClH.Zr/c2*1-3-15(2,14-11-7-8-12-14)13-9-5-4-6-10-13;;;/h2*4-12H,3H2,1-2H3;2*1H;/q2*-1;;;+4/p-2. The second-order valence-corrected chi connectivity index (χ2v) is 8.45. The first-order chi connectivity index (χ1) is 14.5. The van der Waals surface area contributed by atoms with Gasteiger partial charge in [-0.15, -0.1) is 11.1 Å². The van der Waals surface area contributed by atoms with Gasteiger partial charge in [-0.1, -0.05) is 101 Å². The number of hydrogen-bond donors (Lipinski definition) is 0. The van der Waals surface area contributed by atoms with Gasteiger partial charge in [0.15, 0.2) is 0 Å². The first-order valence-corrected chi connectivity index (χ1v) is 11.1. The van der Waals surface area contributed by atoms with Crippen molar-refractivity contribution in [1.82, 2.24) is 0 Å². The van der Waals surface area contributed by atoms with Crippen LogP contribution in [0.1, 0.15) is 62.8 Å². The van der Waals surface area contributed by atoms with Crippen LogP contribution in [0.25, 0.3) is 0 Å². The second-order valence-electron chi connectivity index (χ2n) is 8.45. The zero-order chi connectivity index (χ0) is 21.5. The molecular formula is C30H34Cl2Zr. The average Bonchev–Trinajstić information content (AvgIpc) is 3.55. The quantitative estimate of drug-likeness (QED) is 0.320. The Hall–Kier alpha value is -1.40. The van der Waals surface area contributed by atoms with Gasteiger partial charge in [0.05, 0.1) is 0 Å². The molecule has 0 heterocycles. The minimum Gasteiger partial charge on any atom is -1.00 e. The van der Waals surface area contributed by atoms with Crippen molar-refractivity contribution in [3.05, 3.63) is 131 Å². The Kier molecular flexibility index (Phi) is 14.2. The van der Waals surface area contributed by atoms with Gasteiger partial charge in [0.1, 0.15) is 0 Å². The molecule has 33 heavy (non-hydrogen) atoms. The van der Waals surface area contributed by atoms with Crippen LogP contribution in [0.15, 0.2) is 109 Å². The molecule has 0 aliphatic carbocycles. The maximum Gasteiger partial charge on any atom is 4.00 e. The van der Waals surface area contributed by atoms with E-state index >= 15 is 0 Å². The van der Waals surface area contributed by atoms with Crippen molar-refractivity contribution in [2.45, 2.75) is 51.4 Å². The minimum atomic E-state index is 0. The molecule has 3 heteroatoms. The van der Waals surface area contributed by atoms with Crippen LogP contribution in [0.3, 0.4) is 0 Å². The normalized spacial score (nSPS) is 13.5. The van der Waals surface area contributed by atoms with Gasteiger partial charge < -0.3 is 24.8 Å². The van der Waals surface area contributed by atoms with Crippen LogP contribution in [-0.2, 0) is 37.0 Å². The predicted molar refractivity (Wildman–Crippen MR) is 130 cm³/mol. The maximum atomic E-state index is 2.32. The molecule has 0 fully saturated rings. The summed E-state index contributed by atoms with van der Waals surface area (Å²) in [5.74, 6) is 0. The molecule has 0 amide bonds. The molecule has 0 bridgehead atoms. The Morgan fingerprint density at radius 3 is 1.03 bits per heavy atom. The van der Waals surface area contributed by atoms with Gasteiger partial charge in [-0.3, -0.25) is 0 Å². The van der Waals surface area contributed by atoms with E-state index in [4.69, 9.17) is 0 Å². The van der Waals surface area contributed by atoms with E-state index in [9.17, 15) is 0 Å². The van der Waals surface area contributed by atoms with Crippen molar-refractivity contribution in [3.8, 4) is 0 Å². The van der Waals surface area contributed by atoms with E-state index in [0.29, 0.717) is 0 Å². The van der Waals surface area contributed by atoms with Crippen molar-refractivity contribution >= 4 is 0 Å². The Morgan fingerprint density at radius 1 is 0.515 bits per heavy atom. The summed E-state index contributed by atoms with van der Waals surface area (Å²) in [5.41, 5.74) is 5.94. The minimum absolute atomic E-state index is 0. The summed E-state index contributed by atoms with van der Waals surface area (Å²) in [6.45, 7) is 9.13. The SMILES string of the molecule is CCC(C)(c1ccccc1)[c-]1cccc1.CCC(C)(c1ccccc1)[c-]1cccc1.[Cl-].[Cl-].[Zr+4]. The molecule has 172 valence electrons. The Bertz CT molecular complexity index is 895. The van der Waals surface area contributed by atoms with Crippen LogP contribution in [0, 0.1) is 0 Å². The number of hydrogen-bond acceptors (Lipinski definition) is 0. The van der Waals surface area contributed by atoms with Gasteiger partial charge in [-0.2, -0.15) is 24.3 Å². The van der Waals surface area contributed by atoms with Crippen LogP contribution < -0.4 is 24.8 Å². The Morgan fingerprint density at radius 2 is 0.788 bits per heavy atom. The Balaban J connectivity index is 0.000000569. The molecule has 0 radical (unpaired) electrons. The molecule has 0 saturated carbocycles. The summed E-state index contributed by atoms with van der Waals surface area (Å²) in [6.07, 6.45) is 2.25. The van der Waals surface area contributed by atoms with Crippen LogP contribution in [0.5, 0.6) is 0 Å². The van der Waals surface area contributed by atoms with Crippen LogP contribution in [0.4, 0.5) is 0 Å². The molecule has 0 nitrogen and oxygen atoms in total. The van der Waals surface area contributed by atoms with E-state index in [1.807, 2.05) is 0 Å². The summed E-state index contributed by atoms with van der Waals surface area (Å²) in [7, 11) is 0. The predicted octanol–water partition coefficient (Wildman–Crippen LogP) is 2.25. The van der Waals surface area contributed by atoms with Crippen molar-refractivity contribution in [2.24, 2.45) is 0 Å². The molecule has 0 aliphatic rings. The van der Waals surface area contributed by atoms with Crippen molar-refractivity contribution < 1.29 is 51.0 Å². The van der Waals surface area contributed by atoms with E-state index in [1.54, 1.807) is 0 Å². The molecule has 0 spiro atoms. The third-order valence-corrected chi connectivity index (χ3v) is 6.84. The van der Waals surface area contributed by atoms with Gasteiger partial charge in [0, 0.05) is 0 Å².